The number of hydrogen-bond acceptors (Lipinski definition) is 3. The van der Waals surface area contributed by atoms with E-state index in [1.807, 2.05) is 0 Å². The monoisotopic (exact) mass is 282 g/mol. The average molecular weight is 282 g/mol. The zero-order valence-corrected chi connectivity index (χ0v) is 12.1. The summed E-state index contributed by atoms with van der Waals surface area (Å²) in [6.07, 6.45) is 4.38. The highest BCUT2D eigenvalue weighted by molar-refractivity contribution is 5.80. The number of methoxy groups -OCH3 is 1. The van der Waals surface area contributed by atoms with Crippen molar-refractivity contribution in [2.45, 2.75) is 25.9 Å². The molecule has 0 fully saturated rings. The largest absolute Gasteiger partial charge is 0.497 e. The van der Waals surface area contributed by atoms with Crippen LogP contribution in [0.15, 0.2) is 36.4 Å². The molecule has 0 unspecified atom stereocenters. The minimum absolute atomic E-state index is 0.473. The molecule has 2 aromatic carbocycles. The summed E-state index contributed by atoms with van der Waals surface area (Å²) in [6, 6.07) is 11.8. The van der Waals surface area contributed by atoms with Crippen molar-refractivity contribution >= 4 is 6.29 Å². The van der Waals surface area contributed by atoms with Gasteiger partial charge in [0.1, 0.15) is 18.1 Å². The summed E-state index contributed by atoms with van der Waals surface area (Å²) in [5.74, 6) is 1.24. The minimum Gasteiger partial charge on any atom is -0.497 e. The van der Waals surface area contributed by atoms with Gasteiger partial charge in [-0.1, -0.05) is 18.2 Å². The van der Waals surface area contributed by atoms with Crippen LogP contribution in [0.4, 0.5) is 0 Å². The van der Waals surface area contributed by atoms with Gasteiger partial charge in [0.25, 0.3) is 0 Å². The third-order valence-electron chi connectivity index (χ3n) is 3.90. The Bertz CT molecular complexity index is 662. The van der Waals surface area contributed by atoms with Gasteiger partial charge in [-0.2, -0.15) is 0 Å². The molecule has 0 aromatic heterocycles. The van der Waals surface area contributed by atoms with Gasteiger partial charge in [-0.15, -0.1) is 0 Å². The second-order valence-corrected chi connectivity index (χ2v) is 5.27. The zero-order valence-electron chi connectivity index (χ0n) is 12.1. The maximum atomic E-state index is 11.1. The Morgan fingerprint density at radius 1 is 1.10 bits per heavy atom. The van der Waals surface area contributed by atoms with E-state index in [1.54, 1.807) is 25.3 Å². The molecule has 3 heteroatoms. The van der Waals surface area contributed by atoms with E-state index < -0.39 is 0 Å². The molecule has 1 aliphatic rings. The quantitative estimate of drug-likeness (QED) is 0.786. The number of aldehydes is 1. The lowest BCUT2D eigenvalue weighted by molar-refractivity contribution is 0.111. The predicted molar refractivity (Wildman–Crippen MR) is 81.2 cm³/mol. The van der Waals surface area contributed by atoms with Crippen molar-refractivity contribution in [3.05, 3.63) is 58.7 Å². The number of ether oxygens (including phenoxy) is 2. The fourth-order valence-electron chi connectivity index (χ4n) is 2.75. The van der Waals surface area contributed by atoms with Crippen LogP contribution >= 0.6 is 0 Å². The van der Waals surface area contributed by atoms with E-state index in [4.69, 9.17) is 9.47 Å². The zero-order chi connectivity index (χ0) is 14.7. The number of aryl methyl sites for hydroxylation is 2. The molecule has 0 heterocycles. The van der Waals surface area contributed by atoms with E-state index in [-0.39, 0.29) is 0 Å². The molecule has 0 bridgehead atoms. The Morgan fingerprint density at radius 3 is 2.76 bits per heavy atom. The van der Waals surface area contributed by atoms with Crippen molar-refractivity contribution in [2.75, 3.05) is 7.11 Å². The lowest BCUT2D eigenvalue weighted by Crippen LogP contribution is -1.99. The Morgan fingerprint density at radius 2 is 1.95 bits per heavy atom. The van der Waals surface area contributed by atoms with Gasteiger partial charge in [-0.3, -0.25) is 4.79 Å². The molecular weight excluding hydrogens is 264 g/mol. The van der Waals surface area contributed by atoms with Gasteiger partial charge in [0.05, 0.1) is 12.7 Å². The van der Waals surface area contributed by atoms with Gasteiger partial charge < -0.3 is 9.47 Å². The van der Waals surface area contributed by atoms with Crippen molar-refractivity contribution in [2.24, 2.45) is 0 Å². The van der Waals surface area contributed by atoms with Gasteiger partial charge in [-0.05, 0) is 54.2 Å². The molecule has 0 aliphatic heterocycles. The Hall–Kier alpha value is -2.29. The Balaban J connectivity index is 1.74. The van der Waals surface area contributed by atoms with Crippen LogP contribution < -0.4 is 9.47 Å². The maximum Gasteiger partial charge on any atom is 0.153 e. The summed E-state index contributed by atoms with van der Waals surface area (Å²) in [4.78, 5) is 11.1. The van der Waals surface area contributed by atoms with Crippen molar-refractivity contribution in [1.82, 2.24) is 0 Å². The summed E-state index contributed by atoms with van der Waals surface area (Å²) >= 11 is 0. The van der Waals surface area contributed by atoms with Crippen LogP contribution in [0.5, 0.6) is 11.5 Å². The van der Waals surface area contributed by atoms with E-state index >= 15 is 0 Å². The molecule has 21 heavy (non-hydrogen) atoms. The first-order valence-electron chi connectivity index (χ1n) is 7.17. The van der Waals surface area contributed by atoms with E-state index in [0.29, 0.717) is 23.7 Å². The molecule has 3 nitrogen and oxygen atoms in total. The molecule has 0 N–H and O–H groups in total. The van der Waals surface area contributed by atoms with Crippen LogP contribution in [0.25, 0.3) is 0 Å². The molecule has 0 saturated heterocycles. The van der Waals surface area contributed by atoms with Crippen LogP contribution in [0.2, 0.25) is 0 Å². The number of hydrogen-bond donors (Lipinski definition) is 0. The predicted octanol–water partition coefficient (Wildman–Crippen LogP) is 3.58. The maximum absolute atomic E-state index is 11.1. The van der Waals surface area contributed by atoms with Crippen LogP contribution in [0.3, 0.4) is 0 Å². The average Bonchev–Trinajstić information content (AvgIpc) is 3.00. The van der Waals surface area contributed by atoms with E-state index in [2.05, 4.69) is 18.2 Å². The van der Waals surface area contributed by atoms with Crippen LogP contribution in [-0.2, 0) is 19.4 Å². The smallest absolute Gasteiger partial charge is 0.153 e. The molecule has 0 saturated carbocycles. The van der Waals surface area contributed by atoms with Crippen molar-refractivity contribution in [3.63, 3.8) is 0 Å². The topological polar surface area (TPSA) is 35.5 Å². The van der Waals surface area contributed by atoms with Crippen molar-refractivity contribution in [1.29, 1.82) is 0 Å². The lowest BCUT2D eigenvalue weighted by atomic mass is 10.1. The van der Waals surface area contributed by atoms with Gasteiger partial charge in [0, 0.05) is 0 Å². The molecule has 0 amide bonds. The number of fused-ring (bicyclic) bond motifs is 1. The number of carbonyl (C=O) groups excluding carboxylic acids is 1. The molecule has 0 spiro atoms. The fraction of sp³-hybridized carbons (Fsp3) is 0.278. The summed E-state index contributed by atoms with van der Waals surface area (Å²) in [5.41, 5.74) is 4.54. The molecule has 0 atom stereocenters. The van der Waals surface area contributed by atoms with Crippen LogP contribution in [-0.4, -0.2) is 13.4 Å². The highest BCUT2D eigenvalue weighted by Crippen LogP contribution is 2.26. The van der Waals surface area contributed by atoms with Gasteiger partial charge in [0.2, 0.25) is 0 Å². The first-order valence-corrected chi connectivity index (χ1v) is 7.17. The third kappa shape index (κ3) is 2.92. The second kappa shape index (κ2) is 6.00. The number of rotatable bonds is 5. The van der Waals surface area contributed by atoms with Gasteiger partial charge >= 0.3 is 0 Å². The summed E-state index contributed by atoms with van der Waals surface area (Å²) < 4.78 is 10.9. The highest BCUT2D eigenvalue weighted by Gasteiger charge is 2.11. The number of carbonyl (C=O) groups is 1. The lowest BCUT2D eigenvalue weighted by Gasteiger charge is -2.11. The minimum atomic E-state index is 0.473. The first kappa shape index (κ1) is 13.7. The van der Waals surface area contributed by atoms with E-state index in [1.165, 1.54) is 24.0 Å². The van der Waals surface area contributed by atoms with Crippen LogP contribution in [0, 0.1) is 0 Å². The SMILES string of the molecule is COc1ccc(OCc2ccc3c(c2)CCC3)c(C=O)c1. The Labute approximate surface area is 124 Å². The third-order valence-corrected chi connectivity index (χ3v) is 3.90. The summed E-state index contributed by atoms with van der Waals surface area (Å²) in [7, 11) is 1.58. The summed E-state index contributed by atoms with van der Waals surface area (Å²) in [6.45, 7) is 0.473. The summed E-state index contributed by atoms with van der Waals surface area (Å²) in [5, 5.41) is 0. The van der Waals surface area contributed by atoms with E-state index in [9.17, 15) is 4.79 Å². The normalized spacial score (nSPS) is 12.8. The van der Waals surface area contributed by atoms with Crippen LogP contribution in [0.1, 0.15) is 33.5 Å². The second-order valence-electron chi connectivity index (χ2n) is 5.27. The highest BCUT2D eigenvalue weighted by atomic mass is 16.5. The van der Waals surface area contributed by atoms with Gasteiger partial charge in [0.15, 0.2) is 6.29 Å². The molecular formula is C18H18O3. The van der Waals surface area contributed by atoms with Crippen molar-refractivity contribution < 1.29 is 14.3 Å². The van der Waals surface area contributed by atoms with Gasteiger partial charge in [-0.25, -0.2) is 0 Å². The number of benzene rings is 2. The Kier molecular flexibility index (Phi) is 3.91. The fourth-order valence-corrected chi connectivity index (χ4v) is 2.75. The molecule has 2 aromatic rings. The standard InChI is InChI=1S/C18H18O3/c1-20-17-7-8-18(16(10-17)11-19)21-12-13-5-6-14-3-2-4-15(14)9-13/h5-11H,2-4,12H2,1H3. The van der Waals surface area contributed by atoms with Crippen molar-refractivity contribution in [3.8, 4) is 11.5 Å². The molecule has 108 valence electrons. The van der Waals surface area contributed by atoms with E-state index in [0.717, 1.165) is 18.3 Å². The first-order chi connectivity index (χ1) is 10.3. The molecule has 1 aliphatic carbocycles. The molecule has 0 radical (unpaired) electrons. The molecule has 3 rings (SSSR count).